The van der Waals surface area contributed by atoms with Crippen molar-refractivity contribution in [1.82, 2.24) is 4.90 Å². The predicted octanol–water partition coefficient (Wildman–Crippen LogP) is 3.68. The summed E-state index contributed by atoms with van der Waals surface area (Å²) < 4.78 is 5.39. The van der Waals surface area contributed by atoms with Gasteiger partial charge in [-0.25, -0.2) is 0 Å². The van der Waals surface area contributed by atoms with Crippen molar-refractivity contribution < 1.29 is 19.4 Å². The lowest BCUT2D eigenvalue weighted by molar-refractivity contribution is -0.141. The Bertz CT molecular complexity index is 788. The Morgan fingerprint density at radius 1 is 1.12 bits per heavy atom. The summed E-state index contributed by atoms with van der Waals surface area (Å²) in [5, 5.41) is 10.2. The molecule has 2 atom stereocenters. The summed E-state index contributed by atoms with van der Waals surface area (Å²) in [7, 11) is 0. The van der Waals surface area contributed by atoms with Crippen molar-refractivity contribution in [3.05, 3.63) is 64.7 Å². The first-order chi connectivity index (χ1) is 12.5. The van der Waals surface area contributed by atoms with Gasteiger partial charge in [0.05, 0.1) is 12.5 Å². The Morgan fingerprint density at radius 2 is 1.77 bits per heavy atom. The molecule has 0 radical (unpaired) electrons. The van der Waals surface area contributed by atoms with Gasteiger partial charge in [-0.3, -0.25) is 9.59 Å². The first-order valence-corrected chi connectivity index (χ1v) is 8.87. The van der Waals surface area contributed by atoms with Crippen molar-refractivity contribution in [3.63, 3.8) is 0 Å². The summed E-state index contributed by atoms with van der Waals surface area (Å²) in [4.78, 5) is 26.1. The van der Waals surface area contributed by atoms with E-state index in [0.29, 0.717) is 29.5 Å². The summed E-state index contributed by atoms with van der Waals surface area (Å²) in [6.07, 6.45) is 0. The number of carbonyl (C=O) groups excluding carboxylic acids is 1. The zero-order chi connectivity index (χ0) is 18.7. The van der Waals surface area contributed by atoms with Crippen LogP contribution < -0.4 is 4.74 Å². The maximum absolute atomic E-state index is 12.8. The van der Waals surface area contributed by atoms with Crippen molar-refractivity contribution in [2.24, 2.45) is 5.92 Å². The van der Waals surface area contributed by atoms with E-state index in [4.69, 9.17) is 16.3 Å². The average Bonchev–Trinajstić information content (AvgIpc) is 3.08. The molecule has 2 aromatic carbocycles. The number of likely N-dealkylation sites (tertiary alicyclic amines) is 1. The number of carboxylic acid groups (broad SMARTS) is 1. The Morgan fingerprint density at radius 3 is 2.35 bits per heavy atom. The average molecular weight is 374 g/mol. The van der Waals surface area contributed by atoms with Gasteiger partial charge in [0.25, 0.3) is 5.91 Å². The van der Waals surface area contributed by atoms with Gasteiger partial charge >= 0.3 is 5.97 Å². The first kappa shape index (κ1) is 18.3. The van der Waals surface area contributed by atoms with E-state index in [2.05, 4.69) is 0 Å². The molecule has 0 saturated carbocycles. The number of ether oxygens (including phenoxy) is 1. The standard InChI is InChI=1S/C20H20ClNO4/c1-2-26-16-9-5-14(6-10-16)19(23)22-11-17(18(12-22)20(24)25)13-3-7-15(21)8-4-13/h3-10,17-18H,2,11-12H2,1H3,(H,24,25)/t17-,18+/m0/s1. The van der Waals surface area contributed by atoms with Crippen LogP contribution in [0.3, 0.4) is 0 Å². The maximum atomic E-state index is 12.8. The Balaban J connectivity index is 1.79. The quantitative estimate of drug-likeness (QED) is 0.868. The lowest BCUT2D eigenvalue weighted by Gasteiger charge is -2.17. The van der Waals surface area contributed by atoms with E-state index in [1.165, 1.54) is 0 Å². The number of carboxylic acids is 1. The zero-order valence-corrected chi connectivity index (χ0v) is 15.1. The lowest BCUT2D eigenvalue weighted by Crippen LogP contribution is -2.29. The highest BCUT2D eigenvalue weighted by Gasteiger charge is 2.40. The molecule has 0 aliphatic carbocycles. The molecular weight excluding hydrogens is 354 g/mol. The smallest absolute Gasteiger partial charge is 0.308 e. The van der Waals surface area contributed by atoms with Gasteiger partial charge in [0.2, 0.25) is 0 Å². The van der Waals surface area contributed by atoms with E-state index >= 15 is 0 Å². The molecule has 3 rings (SSSR count). The number of halogens is 1. The van der Waals surface area contributed by atoms with Crippen molar-refractivity contribution in [2.45, 2.75) is 12.8 Å². The van der Waals surface area contributed by atoms with Gasteiger partial charge in [-0.15, -0.1) is 0 Å². The molecule has 1 heterocycles. The number of rotatable bonds is 5. The zero-order valence-electron chi connectivity index (χ0n) is 14.4. The molecule has 1 aliphatic rings. The monoisotopic (exact) mass is 373 g/mol. The fraction of sp³-hybridized carbons (Fsp3) is 0.300. The third kappa shape index (κ3) is 3.83. The second-order valence-electron chi connectivity index (χ2n) is 6.27. The number of hydrogen-bond donors (Lipinski definition) is 1. The number of hydrogen-bond acceptors (Lipinski definition) is 3. The second kappa shape index (κ2) is 7.79. The molecule has 1 amide bonds. The third-order valence-electron chi connectivity index (χ3n) is 4.63. The molecule has 0 bridgehead atoms. The van der Waals surface area contributed by atoms with Crippen LogP contribution in [0.5, 0.6) is 5.75 Å². The molecule has 5 nitrogen and oxygen atoms in total. The minimum absolute atomic E-state index is 0.171. The third-order valence-corrected chi connectivity index (χ3v) is 4.89. The van der Waals surface area contributed by atoms with Gasteiger partial charge in [0, 0.05) is 29.6 Å². The van der Waals surface area contributed by atoms with Crippen LogP contribution in [0.2, 0.25) is 5.02 Å². The van der Waals surface area contributed by atoms with Gasteiger partial charge < -0.3 is 14.7 Å². The van der Waals surface area contributed by atoms with E-state index in [1.807, 2.05) is 19.1 Å². The molecule has 6 heteroatoms. The molecule has 1 saturated heterocycles. The van der Waals surface area contributed by atoms with Crippen LogP contribution >= 0.6 is 11.6 Å². The fourth-order valence-corrected chi connectivity index (χ4v) is 3.44. The highest BCUT2D eigenvalue weighted by molar-refractivity contribution is 6.30. The summed E-state index contributed by atoms with van der Waals surface area (Å²) in [6.45, 7) is 3.01. The highest BCUT2D eigenvalue weighted by Crippen LogP contribution is 2.34. The van der Waals surface area contributed by atoms with Gasteiger partial charge in [-0.05, 0) is 48.9 Å². The second-order valence-corrected chi connectivity index (χ2v) is 6.71. The molecular formula is C20H20ClNO4. The largest absolute Gasteiger partial charge is 0.494 e. The van der Waals surface area contributed by atoms with Crippen LogP contribution in [0.25, 0.3) is 0 Å². The van der Waals surface area contributed by atoms with E-state index < -0.39 is 11.9 Å². The number of amides is 1. The Kier molecular flexibility index (Phi) is 5.47. The van der Waals surface area contributed by atoms with E-state index in [9.17, 15) is 14.7 Å². The molecule has 0 unspecified atom stereocenters. The molecule has 1 fully saturated rings. The van der Waals surface area contributed by atoms with Crippen LogP contribution in [-0.2, 0) is 4.79 Å². The summed E-state index contributed by atoms with van der Waals surface area (Å²) in [5.74, 6) is -1.25. The highest BCUT2D eigenvalue weighted by atomic mass is 35.5. The molecule has 0 aromatic heterocycles. The van der Waals surface area contributed by atoms with E-state index in [0.717, 1.165) is 5.56 Å². The fourth-order valence-electron chi connectivity index (χ4n) is 3.31. The number of benzene rings is 2. The van der Waals surface area contributed by atoms with Crippen LogP contribution in [0.1, 0.15) is 28.8 Å². The number of nitrogens with zero attached hydrogens (tertiary/aromatic N) is 1. The molecule has 26 heavy (non-hydrogen) atoms. The number of aliphatic carboxylic acids is 1. The van der Waals surface area contributed by atoms with Crippen molar-refractivity contribution in [1.29, 1.82) is 0 Å². The van der Waals surface area contributed by atoms with Crippen LogP contribution in [0, 0.1) is 5.92 Å². The number of carbonyl (C=O) groups is 2. The minimum atomic E-state index is -0.896. The Hall–Kier alpha value is -2.53. The van der Waals surface area contributed by atoms with Crippen LogP contribution in [0.4, 0.5) is 0 Å². The van der Waals surface area contributed by atoms with Crippen molar-refractivity contribution in [2.75, 3.05) is 19.7 Å². The van der Waals surface area contributed by atoms with Crippen LogP contribution in [-0.4, -0.2) is 41.6 Å². The Labute approximate surface area is 157 Å². The molecule has 136 valence electrons. The van der Waals surface area contributed by atoms with Gasteiger partial charge in [0.15, 0.2) is 0 Å². The van der Waals surface area contributed by atoms with Gasteiger partial charge in [0.1, 0.15) is 5.75 Å². The predicted molar refractivity (Wildman–Crippen MR) is 98.8 cm³/mol. The SMILES string of the molecule is CCOc1ccc(C(=O)N2C[C@@H](C(=O)O)[C@H](c3ccc(Cl)cc3)C2)cc1. The molecule has 1 aliphatic heterocycles. The minimum Gasteiger partial charge on any atom is -0.494 e. The summed E-state index contributed by atoms with van der Waals surface area (Å²) in [6, 6.07) is 14.1. The first-order valence-electron chi connectivity index (χ1n) is 8.50. The van der Waals surface area contributed by atoms with E-state index in [1.54, 1.807) is 41.3 Å². The van der Waals surface area contributed by atoms with Gasteiger partial charge in [-0.1, -0.05) is 23.7 Å². The maximum Gasteiger partial charge on any atom is 0.308 e. The molecule has 2 aromatic rings. The molecule has 0 spiro atoms. The summed E-state index contributed by atoms with van der Waals surface area (Å²) in [5.41, 5.74) is 1.40. The van der Waals surface area contributed by atoms with Gasteiger partial charge in [-0.2, -0.15) is 0 Å². The summed E-state index contributed by atoms with van der Waals surface area (Å²) >= 11 is 5.92. The topological polar surface area (TPSA) is 66.8 Å². The van der Waals surface area contributed by atoms with Crippen molar-refractivity contribution >= 4 is 23.5 Å². The van der Waals surface area contributed by atoms with E-state index in [-0.39, 0.29) is 18.4 Å². The van der Waals surface area contributed by atoms with Crippen molar-refractivity contribution in [3.8, 4) is 5.75 Å². The van der Waals surface area contributed by atoms with Crippen LogP contribution in [0.15, 0.2) is 48.5 Å². The lowest BCUT2D eigenvalue weighted by atomic mass is 9.89. The molecule has 1 N–H and O–H groups in total. The normalized spacial score (nSPS) is 19.4.